The maximum Gasteiger partial charge on any atom is 0.109 e. The summed E-state index contributed by atoms with van der Waals surface area (Å²) in [6.45, 7) is 1.09. The van der Waals surface area contributed by atoms with Gasteiger partial charge in [0.2, 0.25) is 0 Å². The van der Waals surface area contributed by atoms with Crippen LogP contribution in [0.15, 0.2) is 30.5 Å². The highest BCUT2D eigenvalue weighted by atomic mass is 15.1. The van der Waals surface area contributed by atoms with Crippen LogP contribution in [-0.2, 0) is 13.0 Å². The number of imidazole rings is 1. The van der Waals surface area contributed by atoms with E-state index in [9.17, 15) is 0 Å². The van der Waals surface area contributed by atoms with E-state index in [0.717, 1.165) is 18.7 Å². The van der Waals surface area contributed by atoms with Crippen molar-refractivity contribution in [2.45, 2.75) is 25.8 Å². The van der Waals surface area contributed by atoms with Crippen LogP contribution in [0.2, 0.25) is 0 Å². The lowest BCUT2D eigenvalue weighted by Crippen LogP contribution is -2.11. The van der Waals surface area contributed by atoms with Crippen molar-refractivity contribution < 1.29 is 0 Å². The largest absolute Gasteiger partial charge is 0.399 e. The third-order valence-electron chi connectivity index (χ3n) is 3.18. The quantitative estimate of drug-likeness (QED) is 0.739. The first-order chi connectivity index (χ1) is 7.84. The van der Waals surface area contributed by atoms with Crippen LogP contribution in [0.3, 0.4) is 0 Å². The Balaban J connectivity index is 2.06. The Morgan fingerprint density at radius 3 is 2.75 bits per heavy atom. The molecule has 3 nitrogen and oxygen atoms in total. The van der Waals surface area contributed by atoms with Gasteiger partial charge in [0.25, 0.3) is 0 Å². The Bertz CT molecular complexity index is 496. The molecule has 0 amide bonds. The van der Waals surface area contributed by atoms with Crippen molar-refractivity contribution in [2.24, 2.45) is 0 Å². The Hall–Kier alpha value is -1.77. The second kappa shape index (κ2) is 3.67. The number of hydrogen-bond donors (Lipinski definition) is 1. The summed E-state index contributed by atoms with van der Waals surface area (Å²) in [6.07, 6.45) is 5.60. The van der Waals surface area contributed by atoms with Gasteiger partial charge in [-0.15, -0.1) is 0 Å². The Morgan fingerprint density at radius 1 is 1.12 bits per heavy atom. The maximum absolute atomic E-state index is 5.70. The second-order valence-corrected chi connectivity index (χ2v) is 4.29. The maximum atomic E-state index is 5.70. The molecular formula is C13H15N3. The van der Waals surface area contributed by atoms with Gasteiger partial charge in [-0.05, 0) is 30.5 Å². The topological polar surface area (TPSA) is 43.8 Å². The van der Waals surface area contributed by atoms with Gasteiger partial charge in [-0.3, -0.25) is 0 Å². The van der Waals surface area contributed by atoms with Gasteiger partial charge in [0.15, 0.2) is 0 Å². The molecule has 2 aromatic rings. The van der Waals surface area contributed by atoms with Gasteiger partial charge < -0.3 is 10.3 Å². The summed E-state index contributed by atoms with van der Waals surface area (Å²) in [7, 11) is 0. The number of aryl methyl sites for hydroxylation is 1. The average Bonchev–Trinajstić information content (AvgIpc) is 2.74. The molecule has 3 heteroatoms. The van der Waals surface area contributed by atoms with E-state index >= 15 is 0 Å². The van der Waals surface area contributed by atoms with Crippen LogP contribution in [0.5, 0.6) is 0 Å². The lowest BCUT2D eigenvalue weighted by Gasteiger charge is -2.16. The molecule has 3 rings (SSSR count). The smallest absolute Gasteiger partial charge is 0.109 e. The number of benzene rings is 1. The second-order valence-electron chi connectivity index (χ2n) is 4.29. The monoisotopic (exact) mass is 213 g/mol. The summed E-state index contributed by atoms with van der Waals surface area (Å²) in [5.41, 5.74) is 8.92. The molecule has 1 aromatic carbocycles. The number of aromatic nitrogens is 2. The molecule has 16 heavy (non-hydrogen) atoms. The molecule has 0 fully saturated rings. The fourth-order valence-electron chi connectivity index (χ4n) is 2.30. The summed E-state index contributed by atoms with van der Waals surface area (Å²) in [4.78, 5) is 4.49. The van der Waals surface area contributed by atoms with Crippen LogP contribution in [0, 0.1) is 0 Å². The first kappa shape index (κ1) is 9.46. The standard InChI is InChI=1S/C13H15N3/c14-11-6-4-10(5-7-11)12-9-15-13-3-1-2-8-16(12)13/h4-7,9H,1-3,8,14H2. The molecule has 0 unspecified atom stereocenters. The predicted molar refractivity (Wildman–Crippen MR) is 65.0 cm³/mol. The molecule has 0 radical (unpaired) electrons. The van der Waals surface area contributed by atoms with Crippen LogP contribution < -0.4 is 5.73 Å². The van der Waals surface area contributed by atoms with E-state index in [4.69, 9.17) is 5.73 Å². The molecule has 1 aromatic heterocycles. The van der Waals surface area contributed by atoms with Crippen molar-refractivity contribution in [3.8, 4) is 11.3 Å². The van der Waals surface area contributed by atoms with Crippen molar-refractivity contribution >= 4 is 5.69 Å². The minimum absolute atomic E-state index is 0.808. The zero-order chi connectivity index (χ0) is 11.0. The first-order valence-electron chi connectivity index (χ1n) is 5.75. The molecule has 0 bridgehead atoms. The van der Waals surface area contributed by atoms with Gasteiger partial charge in [0.05, 0.1) is 11.9 Å². The fourth-order valence-corrected chi connectivity index (χ4v) is 2.30. The van der Waals surface area contributed by atoms with E-state index in [1.807, 2.05) is 18.3 Å². The lowest BCUT2D eigenvalue weighted by atomic mass is 10.1. The molecule has 2 N–H and O–H groups in total. The molecule has 1 aliphatic rings. The predicted octanol–water partition coefficient (Wildman–Crippen LogP) is 2.47. The number of rotatable bonds is 1. The number of nitrogens with zero attached hydrogens (tertiary/aromatic N) is 2. The molecular weight excluding hydrogens is 198 g/mol. The van der Waals surface area contributed by atoms with E-state index in [0.29, 0.717) is 0 Å². The van der Waals surface area contributed by atoms with Crippen LogP contribution in [0.1, 0.15) is 18.7 Å². The highest BCUT2D eigenvalue weighted by Gasteiger charge is 2.14. The van der Waals surface area contributed by atoms with E-state index in [1.54, 1.807) is 0 Å². The van der Waals surface area contributed by atoms with Gasteiger partial charge >= 0.3 is 0 Å². The molecule has 1 aliphatic heterocycles. The third-order valence-corrected chi connectivity index (χ3v) is 3.18. The fraction of sp³-hybridized carbons (Fsp3) is 0.308. The van der Waals surface area contributed by atoms with Crippen molar-refractivity contribution in [2.75, 3.05) is 5.73 Å². The lowest BCUT2D eigenvalue weighted by molar-refractivity contribution is 0.526. The molecule has 2 heterocycles. The van der Waals surface area contributed by atoms with Gasteiger partial charge in [0, 0.05) is 18.7 Å². The van der Waals surface area contributed by atoms with Crippen LogP contribution in [-0.4, -0.2) is 9.55 Å². The van der Waals surface area contributed by atoms with Crippen molar-refractivity contribution in [1.29, 1.82) is 0 Å². The molecule has 0 spiro atoms. The molecule has 0 saturated carbocycles. The number of fused-ring (bicyclic) bond motifs is 1. The summed E-state index contributed by atoms with van der Waals surface area (Å²) >= 11 is 0. The Kier molecular flexibility index (Phi) is 2.17. The minimum atomic E-state index is 0.808. The normalized spacial score (nSPS) is 14.8. The number of hydrogen-bond acceptors (Lipinski definition) is 2. The SMILES string of the molecule is Nc1ccc(-c2cnc3n2CCCC3)cc1. The van der Waals surface area contributed by atoms with E-state index < -0.39 is 0 Å². The molecule has 0 aliphatic carbocycles. The van der Waals surface area contributed by atoms with Crippen molar-refractivity contribution in [1.82, 2.24) is 9.55 Å². The molecule has 0 saturated heterocycles. The van der Waals surface area contributed by atoms with Gasteiger partial charge in [-0.2, -0.15) is 0 Å². The zero-order valence-electron chi connectivity index (χ0n) is 9.19. The average molecular weight is 213 g/mol. The van der Waals surface area contributed by atoms with Crippen LogP contribution in [0.25, 0.3) is 11.3 Å². The minimum Gasteiger partial charge on any atom is -0.399 e. The summed E-state index contributed by atoms with van der Waals surface area (Å²) < 4.78 is 2.33. The van der Waals surface area contributed by atoms with Crippen LogP contribution in [0.4, 0.5) is 5.69 Å². The summed E-state index contributed by atoms with van der Waals surface area (Å²) in [5.74, 6) is 1.22. The van der Waals surface area contributed by atoms with Gasteiger partial charge in [-0.25, -0.2) is 4.98 Å². The Morgan fingerprint density at radius 2 is 1.94 bits per heavy atom. The van der Waals surface area contributed by atoms with E-state index in [1.165, 1.54) is 29.9 Å². The van der Waals surface area contributed by atoms with Crippen molar-refractivity contribution in [3.05, 3.63) is 36.3 Å². The zero-order valence-corrected chi connectivity index (χ0v) is 9.19. The summed E-state index contributed by atoms with van der Waals surface area (Å²) in [5, 5.41) is 0. The van der Waals surface area contributed by atoms with E-state index in [-0.39, 0.29) is 0 Å². The van der Waals surface area contributed by atoms with Crippen LogP contribution >= 0.6 is 0 Å². The Labute approximate surface area is 94.9 Å². The van der Waals surface area contributed by atoms with Crippen molar-refractivity contribution in [3.63, 3.8) is 0 Å². The highest BCUT2D eigenvalue weighted by molar-refractivity contribution is 5.62. The third kappa shape index (κ3) is 1.48. The highest BCUT2D eigenvalue weighted by Crippen LogP contribution is 2.25. The van der Waals surface area contributed by atoms with E-state index in [2.05, 4.69) is 21.7 Å². The summed E-state index contributed by atoms with van der Waals surface area (Å²) in [6, 6.07) is 8.01. The van der Waals surface area contributed by atoms with Gasteiger partial charge in [-0.1, -0.05) is 12.1 Å². The molecule has 0 atom stereocenters. The molecule has 82 valence electrons. The number of anilines is 1. The van der Waals surface area contributed by atoms with Gasteiger partial charge in [0.1, 0.15) is 5.82 Å². The first-order valence-corrected chi connectivity index (χ1v) is 5.75. The number of nitrogen functional groups attached to an aromatic ring is 1. The number of nitrogens with two attached hydrogens (primary N) is 1.